The summed E-state index contributed by atoms with van der Waals surface area (Å²) in [4.78, 5) is 2.38. The van der Waals surface area contributed by atoms with Crippen molar-refractivity contribution in [1.29, 1.82) is 0 Å². The number of likely N-dealkylation sites (tertiary alicyclic amines) is 1. The fourth-order valence-electron chi connectivity index (χ4n) is 3.93. The highest BCUT2D eigenvalue weighted by Crippen LogP contribution is 2.31. The van der Waals surface area contributed by atoms with Crippen molar-refractivity contribution in [1.82, 2.24) is 15.1 Å². The number of rotatable bonds is 7. The van der Waals surface area contributed by atoms with Crippen LogP contribution in [0.2, 0.25) is 0 Å². The second kappa shape index (κ2) is 9.52. The van der Waals surface area contributed by atoms with Crippen LogP contribution >= 0.6 is 0 Å². The normalized spacial score (nSPS) is 16.3. The van der Waals surface area contributed by atoms with E-state index in [1.807, 2.05) is 37.3 Å². The zero-order valence-corrected chi connectivity index (χ0v) is 18.8. The van der Waals surface area contributed by atoms with Gasteiger partial charge in [-0.05, 0) is 75.9 Å². The SMILES string of the molecule is CCOc1ccccc1OC1CCN([C@@H](C)c2nnc(-c3ccc(C)c(C)c3)o2)CC1. The van der Waals surface area contributed by atoms with Crippen LogP contribution in [-0.4, -0.2) is 40.9 Å². The fourth-order valence-corrected chi connectivity index (χ4v) is 3.93. The quantitative estimate of drug-likeness (QED) is 0.512. The molecule has 164 valence electrons. The van der Waals surface area contributed by atoms with Gasteiger partial charge in [0, 0.05) is 18.7 Å². The van der Waals surface area contributed by atoms with E-state index in [1.54, 1.807) is 0 Å². The molecule has 31 heavy (non-hydrogen) atoms. The molecule has 2 heterocycles. The first-order valence-corrected chi connectivity index (χ1v) is 11.1. The number of benzene rings is 2. The summed E-state index contributed by atoms with van der Waals surface area (Å²) in [7, 11) is 0. The van der Waals surface area contributed by atoms with Crippen LogP contribution in [0.5, 0.6) is 11.5 Å². The average Bonchev–Trinajstić information content (AvgIpc) is 3.27. The third-order valence-corrected chi connectivity index (χ3v) is 6.02. The molecule has 0 bridgehead atoms. The van der Waals surface area contributed by atoms with Crippen LogP contribution in [0.1, 0.15) is 49.7 Å². The van der Waals surface area contributed by atoms with E-state index < -0.39 is 0 Å². The predicted molar refractivity (Wildman–Crippen MR) is 120 cm³/mol. The number of aromatic nitrogens is 2. The summed E-state index contributed by atoms with van der Waals surface area (Å²) >= 11 is 0. The number of hydrogen-bond acceptors (Lipinski definition) is 6. The van der Waals surface area contributed by atoms with Gasteiger partial charge in [0.05, 0.1) is 12.6 Å². The van der Waals surface area contributed by atoms with Crippen LogP contribution in [0.25, 0.3) is 11.5 Å². The van der Waals surface area contributed by atoms with Crippen molar-refractivity contribution in [3.63, 3.8) is 0 Å². The lowest BCUT2D eigenvalue weighted by Crippen LogP contribution is -2.39. The van der Waals surface area contributed by atoms with Gasteiger partial charge in [-0.3, -0.25) is 4.90 Å². The van der Waals surface area contributed by atoms with Gasteiger partial charge in [-0.15, -0.1) is 10.2 Å². The van der Waals surface area contributed by atoms with Crippen molar-refractivity contribution in [3.8, 4) is 23.0 Å². The van der Waals surface area contributed by atoms with Crippen molar-refractivity contribution >= 4 is 0 Å². The van der Waals surface area contributed by atoms with Gasteiger partial charge in [0.2, 0.25) is 11.8 Å². The first-order valence-electron chi connectivity index (χ1n) is 11.1. The van der Waals surface area contributed by atoms with Gasteiger partial charge in [-0.1, -0.05) is 18.2 Å². The molecule has 0 radical (unpaired) electrons. The molecule has 1 fully saturated rings. The highest BCUT2D eigenvalue weighted by atomic mass is 16.5. The number of ether oxygens (including phenoxy) is 2. The summed E-state index contributed by atoms with van der Waals surface area (Å²) in [5.41, 5.74) is 3.44. The minimum absolute atomic E-state index is 0.0736. The van der Waals surface area contributed by atoms with E-state index in [0.717, 1.165) is 43.0 Å². The van der Waals surface area contributed by atoms with Gasteiger partial charge in [0.25, 0.3) is 0 Å². The van der Waals surface area contributed by atoms with Crippen LogP contribution in [0.3, 0.4) is 0 Å². The van der Waals surface area contributed by atoms with Crippen molar-refractivity contribution in [2.24, 2.45) is 0 Å². The molecule has 0 N–H and O–H groups in total. The van der Waals surface area contributed by atoms with Crippen molar-refractivity contribution in [2.45, 2.75) is 52.7 Å². The maximum Gasteiger partial charge on any atom is 0.247 e. The van der Waals surface area contributed by atoms with Crippen LogP contribution < -0.4 is 9.47 Å². The molecule has 3 aromatic rings. The molecular weight excluding hydrogens is 390 g/mol. The molecule has 1 aliphatic heterocycles. The van der Waals surface area contributed by atoms with Crippen molar-refractivity contribution in [2.75, 3.05) is 19.7 Å². The molecule has 4 rings (SSSR count). The predicted octanol–water partition coefficient (Wildman–Crippen LogP) is 5.36. The van der Waals surface area contributed by atoms with Crippen LogP contribution in [-0.2, 0) is 0 Å². The lowest BCUT2D eigenvalue weighted by Gasteiger charge is -2.34. The zero-order chi connectivity index (χ0) is 21.8. The topological polar surface area (TPSA) is 60.6 Å². The molecule has 1 aliphatic rings. The molecule has 1 atom stereocenters. The lowest BCUT2D eigenvalue weighted by atomic mass is 10.1. The number of aryl methyl sites for hydroxylation is 2. The zero-order valence-electron chi connectivity index (χ0n) is 18.8. The van der Waals surface area contributed by atoms with E-state index in [2.05, 4.69) is 48.0 Å². The molecule has 6 heteroatoms. The second-order valence-corrected chi connectivity index (χ2v) is 8.15. The highest BCUT2D eigenvalue weighted by Gasteiger charge is 2.28. The smallest absolute Gasteiger partial charge is 0.247 e. The second-order valence-electron chi connectivity index (χ2n) is 8.15. The lowest BCUT2D eigenvalue weighted by molar-refractivity contribution is 0.0701. The molecule has 0 saturated carbocycles. The summed E-state index contributed by atoms with van der Waals surface area (Å²) in [6.07, 6.45) is 2.07. The standard InChI is InChI=1S/C25H31N3O3/c1-5-29-22-8-6-7-9-23(22)30-21-12-14-28(15-13-21)19(4)24-26-27-25(31-24)20-11-10-17(2)18(3)16-20/h6-11,16,19,21H,5,12-15H2,1-4H3/t19-/m0/s1. The highest BCUT2D eigenvalue weighted by molar-refractivity contribution is 5.55. The summed E-state index contributed by atoms with van der Waals surface area (Å²) in [6.45, 7) is 10.8. The first-order chi connectivity index (χ1) is 15.0. The van der Waals surface area contributed by atoms with E-state index in [1.165, 1.54) is 11.1 Å². The third kappa shape index (κ3) is 4.90. The first kappa shape index (κ1) is 21.4. The number of para-hydroxylation sites is 2. The summed E-state index contributed by atoms with van der Waals surface area (Å²) in [6, 6.07) is 14.2. The monoisotopic (exact) mass is 421 g/mol. The van der Waals surface area contributed by atoms with E-state index in [9.17, 15) is 0 Å². The van der Waals surface area contributed by atoms with E-state index >= 15 is 0 Å². The van der Waals surface area contributed by atoms with E-state index in [-0.39, 0.29) is 12.1 Å². The van der Waals surface area contributed by atoms with Gasteiger partial charge in [-0.25, -0.2) is 0 Å². The molecule has 1 saturated heterocycles. The maximum atomic E-state index is 6.25. The average molecular weight is 422 g/mol. The Morgan fingerprint density at radius 1 is 1.03 bits per heavy atom. The Morgan fingerprint density at radius 2 is 1.77 bits per heavy atom. The maximum absolute atomic E-state index is 6.25. The molecule has 1 aromatic heterocycles. The van der Waals surface area contributed by atoms with Crippen LogP contribution in [0.15, 0.2) is 46.9 Å². The number of piperidine rings is 1. The number of hydrogen-bond donors (Lipinski definition) is 0. The van der Waals surface area contributed by atoms with Crippen LogP contribution in [0.4, 0.5) is 0 Å². The Kier molecular flexibility index (Phi) is 6.56. The Balaban J connectivity index is 1.36. The minimum atomic E-state index is 0.0736. The van der Waals surface area contributed by atoms with Gasteiger partial charge in [-0.2, -0.15) is 0 Å². The fraction of sp³-hybridized carbons (Fsp3) is 0.440. The molecular formula is C25H31N3O3. The Hall–Kier alpha value is -2.86. The molecule has 0 amide bonds. The molecule has 2 aromatic carbocycles. The van der Waals surface area contributed by atoms with Gasteiger partial charge in [0.15, 0.2) is 11.5 Å². The van der Waals surface area contributed by atoms with Crippen molar-refractivity contribution < 1.29 is 13.9 Å². The molecule has 6 nitrogen and oxygen atoms in total. The Morgan fingerprint density at radius 3 is 2.48 bits per heavy atom. The third-order valence-electron chi connectivity index (χ3n) is 6.02. The Labute approximate surface area is 184 Å². The van der Waals surface area contributed by atoms with Crippen molar-refractivity contribution in [3.05, 3.63) is 59.5 Å². The molecule has 0 aliphatic carbocycles. The summed E-state index contributed by atoms with van der Waals surface area (Å²) < 4.78 is 18.0. The number of nitrogens with zero attached hydrogens (tertiary/aromatic N) is 3. The summed E-state index contributed by atoms with van der Waals surface area (Å²) in [5, 5.41) is 8.62. The van der Waals surface area contributed by atoms with Gasteiger partial charge in [0.1, 0.15) is 6.10 Å². The van der Waals surface area contributed by atoms with Gasteiger partial charge >= 0.3 is 0 Å². The molecule has 0 spiro atoms. The summed E-state index contributed by atoms with van der Waals surface area (Å²) in [5.74, 6) is 2.88. The largest absolute Gasteiger partial charge is 0.490 e. The van der Waals surface area contributed by atoms with Gasteiger partial charge < -0.3 is 13.9 Å². The minimum Gasteiger partial charge on any atom is -0.490 e. The van der Waals surface area contributed by atoms with E-state index in [0.29, 0.717) is 18.4 Å². The van der Waals surface area contributed by atoms with E-state index in [4.69, 9.17) is 13.9 Å². The van der Waals surface area contributed by atoms with Crippen LogP contribution in [0, 0.1) is 13.8 Å². The Bertz CT molecular complexity index is 1010. The molecule has 0 unspecified atom stereocenters.